The van der Waals surface area contributed by atoms with Gasteiger partial charge in [-0.15, -0.1) is 11.8 Å². The Morgan fingerprint density at radius 3 is 2.67 bits per heavy atom. The molecule has 5 nitrogen and oxygen atoms in total. The van der Waals surface area contributed by atoms with Crippen LogP contribution in [0.15, 0.2) is 34.3 Å². The lowest BCUT2D eigenvalue weighted by atomic mass is 9.98. The molecule has 0 saturated heterocycles. The molecule has 1 saturated carbocycles. The molecule has 0 radical (unpaired) electrons. The van der Waals surface area contributed by atoms with E-state index < -0.39 is 4.92 Å². The molecule has 1 aromatic rings. The molecule has 96 valence electrons. The molecule has 0 bridgehead atoms. The van der Waals surface area contributed by atoms with Crippen molar-refractivity contribution in [2.45, 2.75) is 35.8 Å². The maximum absolute atomic E-state index is 10.5. The molecule has 0 heterocycles. The van der Waals surface area contributed by atoms with E-state index in [1.807, 2.05) is 0 Å². The lowest BCUT2D eigenvalue weighted by molar-refractivity contribution is -0.384. The van der Waals surface area contributed by atoms with Gasteiger partial charge in [0.15, 0.2) is 0 Å². The number of nitro groups is 1. The molecule has 1 aliphatic carbocycles. The highest BCUT2D eigenvalue weighted by Gasteiger charge is 2.22. The lowest BCUT2D eigenvalue weighted by Gasteiger charge is -2.22. The molecule has 0 amide bonds. The fourth-order valence-electron chi connectivity index (χ4n) is 2.02. The molecule has 1 aromatic carbocycles. The third kappa shape index (κ3) is 3.01. The number of nitro benzene ring substituents is 1. The number of rotatable bonds is 3. The van der Waals surface area contributed by atoms with Crippen molar-refractivity contribution in [3.8, 4) is 0 Å². The van der Waals surface area contributed by atoms with Crippen LogP contribution in [0.4, 0.5) is 5.69 Å². The van der Waals surface area contributed by atoms with Crippen LogP contribution in [0.3, 0.4) is 0 Å². The molecule has 0 spiro atoms. The third-order valence-corrected chi connectivity index (χ3v) is 4.31. The van der Waals surface area contributed by atoms with E-state index >= 15 is 0 Å². The van der Waals surface area contributed by atoms with Crippen LogP contribution in [0.2, 0.25) is 0 Å². The van der Waals surface area contributed by atoms with Gasteiger partial charge in [-0.1, -0.05) is 11.6 Å². The average molecular weight is 266 g/mol. The molecule has 0 aliphatic heterocycles. The Hall–Kier alpha value is -1.56. The summed E-state index contributed by atoms with van der Waals surface area (Å²) in [6.07, 6.45) is 4.02. The van der Waals surface area contributed by atoms with Gasteiger partial charge in [0.05, 0.1) is 15.9 Å². The largest absolute Gasteiger partial charge is 0.411 e. The van der Waals surface area contributed by atoms with Crippen LogP contribution >= 0.6 is 11.8 Å². The molecule has 0 aromatic heterocycles. The van der Waals surface area contributed by atoms with E-state index in [4.69, 9.17) is 5.21 Å². The van der Waals surface area contributed by atoms with Crippen LogP contribution in [-0.2, 0) is 0 Å². The maximum Gasteiger partial charge on any atom is 0.269 e. The zero-order valence-corrected chi connectivity index (χ0v) is 10.6. The van der Waals surface area contributed by atoms with Crippen molar-refractivity contribution < 1.29 is 10.1 Å². The first-order chi connectivity index (χ1) is 8.70. The van der Waals surface area contributed by atoms with Crippen molar-refractivity contribution in [3.05, 3.63) is 34.4 Å². The molecule has 6 heteroatoms. The zero-order chi connectivity index (χ0) is 13.0. The number of thioether (sulfide) groups is 1. The fraction of sp³-hybridized carbons (Fsp3) is 0.417. The Kier molecular flexibility index (Phi) is 4.19. The summed E-state index contributed by atoms with van der Waals surface area (Å²) in [7, 11) is 0. The number of hydrogen-bond acceptors (Lipinski definition) is 5. The van der Waals surface area contributed by atoms with Gasteiger partial charge in [0, 0.05) is 17.0 Å². The number of hydrogen-bond donors (Lipinski definition) is 1. The molecular weight excluding hydrogens is 252 g/mol. The van der Waals surface area contributed by atoms with Gasteiger partial charge in [-0.25, -0.2) is 0 Å². The van der Waals surface area contributed by atoms with Crippen molar-refractivity contribution in [2.75, 3.05) is 0 Å². The first-order valence-corrected chi connectivity index (χ1v) is 6.70. The predicted molar refractivity (Wildman–Crippen MR) is 70.4 cm³/mol. The highest BCUT2D eigenvalue weighted by Crippen LogP contribution is 2.32. The van der Waals surface area contributed by atoms with E-state index in [1.165, 1.54) is 12.1 Å². The van der Waals surface area contributed by atoms with E-state index in [0.717, 1.165) is 36.3 Å². The molecule has 1 N–H and O–H groups in total. The number of oxime groups is 1. The van der Waals surface area contributed by atoms with Gasteiger partial charge in [-0.2, -0.15) is 0 Å². The Labute approximate surface area is 109 Å². The zero-order valence-electron chi connectivity index (χ0n) is 9.78. The first-order valence-electron chi connectivity index (χ1n) is 5.82. The van der Waals surface area contributed by atoms with Crippen LogP contribution in [0.5, 0.6) is 0 Å². The maximum atomic E-state index is 10.5. The second kappa shape index (κ2) is 5.86. The second-order valence-electron chi connectivity index (χ2n) is 4.19. The van der Waals surface area contributed by atoms with Crippen LogP contribution < -0.4 is 0 Å². The smallest absolute Gasteiger partial charge is 0.269 e. The summed E-state index contributed by atoms with van der Waals surface area (Å²) in [6.45, 7) is 0. The summed E-state index contributed by atoms with van der Waals surface area (Å²) in [5.41, 5.74) is 0.920. The van der Waals surface area contributed by atoms with Gasteiger partial charge in [-0.05, 0) is 31.4 Å². The van der Waals surface area contributed by atoms with Gasteiger partial charge in [-0.3, -0.25) is 10.1 Å². The number of nitrogens with zero attached hydrogens (tertiary/aromatic N) is 2. The Bertz CT molecular complexity index is 459. The molecule has 0 unspecified atom stereocenters. The first kappa shape index (κ1) is 12.9. The highest BCUT2D eigenvalue weighted by molar-refractivity contribution is 8.00. The normalized spacial score (nSPS) is 22.0. The van der Waals surface area contributed by atoms with Gasteiger partial charge in [0.2, 0.25) is 0 Å². The standard InChI is InChI=1S/C12H14N2O3S/c15-13-11-3-1-2-4-12(11)18-10-7-5-9(6-8-10)14(16)17/h5-8,12,15H,1-4H2/b13-11+/t12-/m0/s1. The summed E-state index contributed by atoms with van der Waals surface area (Å²) in [6, 6.07) is 6.49. The molecule has 1 atom stereocenters. The number of non-ortho nitro benzene ring substituents is 1. The van der Waals surface area contributed by atoms with Crippen molar-refractivity contribution in [1.29, 1.82) is 0 Å². The predicted octanol–water partition coefficient (Wildman–Crippen LogP) is 3.46. The molecular formula is C12H14N2O3S. The Morgan fingerprint density at radius 1 is 1.33 bits per heavy atom. The van der Waals surface area contributed by atoms with E-state index in [0.29, 0.717) is 0 Å². The van der Waals surface area contributed by atoms with Gasteiger partial charge in [0.1, 0.15) is 0 Å². The van der Waals surface area contributed by atoms with E-state index in [-0.39, 0.29) is 10.9 Å². The van der Waals surface area contributed by atoms with Gasteiger partial charge in [0.25, 0.3) is 5.69 Å². The summed E-state index contributed by atoms with van der Waals surface area (Å²) in [5.74, 6) is 0. The van der Waals surface area contributed by atoms with Crippen molar-refractivity contribution >= 4 is 23.2 Å². The summed E-state index contributed by atoms with van der Waals surface area (Å²) in [4.78, 5) is 11.1. The number of benzene rings is 1. The minimum atomic E-state index is -0.407. The van der Waals surface area contributed by atoms with Crippen LogP contribution in [0.25, 0.3) is 0 Å². The monoisotopic (exact) mass is 266 g/mol. The SMILES string of the molecule is O=[N+]([O-])c1ccc(S[C@H]2CCCC/C2=N\O)cc1. The topological polar surface area (TPSA) is 75.7 Å². The quantitative estimate of drug-likeness (QED) is 0.516. The van der Waals surface area contributed by atoms with Crippen LogP contribution in [0.1, 0.15) is 25.7 Å². The second-order valence-corrected chi connectivity index (χ2v) is 5.47. The third-order valence-electron chi connectivity index (χ3n) is 2.98. The fourth-order valence-corrected chi connectivity index (χ4v) is 3.22. The van der Waals surface area contributed by atoms with E-state index in [2.05, 4.69) is 5.16 Å². The lowest BCUT2D eigenvalue weighted by Crippen LogP contribution is -2.21. The van der Waals surface area contributed by atoms with Crippen molar-refractivity contribution in [2.24, 2.45) is 5.16 Å². The van der Waals surface area contributed by atoms with E-state index in [1.54, 1.807) is 23.9 Å². The Morgan fingerprint density at radius 2 is 2.06 bits per heavy atom. The minimum absolute atomic E-state index is 0.0963. The average Bonchev–Trinajstić information content (AvgIpc) is 2.40. The summed E-state index contributed by atoms with van der Waals surface area (Å²) in [5, 5.41) is 23.0. The van der Waals surface area contributed by atoms with Crippen molar-refractivity contribution in [3.63, 3.8) is 0 Å². The molecule has 1 fully saturated rings. The van der Waals surface area contributed by atoms with Crippen molar-refractivity contribution in [1.82, 2.24) is 0 Å². The molecule has 2 rings (SSSR count). The molecule has 18 heavy (non-hydrogen) atoms. The summed E-state index contributed by atoms with van der Waals surface area (Å²) < 4.78 is 0. The van der Waals surface area contributed by atoms with Crippen LogP contribution in [0, 0.1) is 10.1 Å². The highest BCUT2D eigenvalue weighted by atomic mass is 32.2. The van der Waals surface area contributed by atoms with Crippen LogP contribution in [-0.4, -0.2) is 21.1 Å². The summed E-state index contributed by atoms with van der Waals surface area (Å²) >= 11 is 1.60. The van der Waals surface area contributed by atoms with Gasteiger partial charge < -0.3 is 5.21 Å². The van der Waals surface area contributed by atoms with Gasteiger partial charge >= 0.3 is 0 Å². The van der Waals surface area contributed by atoms with E-state index in [9.17, 15) is 10.1 Å². The minimum Gasteiger partial charge on any atom is -0.411 e. The molecule has 1 aliphatic rings. The Balaban J connectivity index is 2.06.